The van der Waals surface area contributed by atoms with Crippen molar-refractivity contribution in [3.63, 3.8) is 0 Å². The van der Waals surface area contributed by atoms with Gasteiger partial charge in [0.2, 0.25) is 0 Å². The Bertz CT molecular complexity index is 1340. The van der Waals surface area contributed by atoms with Gasteiger partial charge in [-0.1, -0.05) is 53.0 Å². The highest BCUT2D eigenvalue weighted by atomic mass is 35.5. The Kier molecular flexibility index (Phi) is 8.46. The first kappa shape index (κ1) is 26.4. The average molecular weight is 567 g/mol. The van der Waals surface area contributed by atoms with E-state index in [1.807, 2.05) is 6.92 Å². The molecule has 0 spiro atoms. The minimum Gasteiger partial charge on any atom is -0.490 e. The van der Waals surface area contributed by atoms with Crippen molar-refractivity contribution in [3.8, 4) is 11.5 Å². The van der Waals surface area contributed by atoms with Crippen LogP contribution in [0.1, 0.15) is 23.6 Å². The summed E-state index contributed by atoms with van der Waals surface area (Å²) in [6.07, 6.45) is 1.58. The van der Waals surface area contributed by atoms with E-state index in [4.69, 9.17) is 44.3 Å². The number of halogens is 4. The van der Waals surface area contributed by atoms with E-state index in [0.29, 0.717) is 33.7 Å². The molecule has 0 aromatic heterocycles. The highest BCUT2D eigenvalue weighted by Crippen LogP contribution is 2.36. The summed E-state index contributed by atoms with van der Waals surface area (Å²) >= 11 is 19.0. The fourth-order valence-corrected chi connectivity index (χ4v) is 4.95. The van der Waals surface area contributed by atoms with Crippen LogP contribution in [-0.4, -0.2) is 22.7 Å². The van der Waals surface area contributed by atoms with Gasteiger partial charge in [0, 0.05) is 26.2 Å². The van der Waals surface area contributed by atoms with E-state index < -0.39 is 17.0 Å². The number of imide groups is 1. The lowest BCUT2D eigenvalue weighted by molar-refractivity contribution is -0.123. The van der Waals surface area contributed by atoms with E-state index in [-0.39, 0.29) is 28.6 Å². The van der Waals surface area contributed by atoms with Crippen LogP contribution in [0.5, 0.6) is 11.5 Å². The highest BCUT2D eigenvalue weighted by Gasteiger charge is 2.36. The number of ether oxygens (including phenoxy) is 2. The summed E-state index contributed by atoms with van der Waals surface area (Å²) < 4.78 is 25.8. The van der Waals surface area contributed by atoms with Gasteiger partial charge in [-0.2, -0.15) is 0 Å². The summed E-state index contributed by atoms with van der Waals surface area (Å²) in [6.45, 7) is 2.18. The largest absolute Gasteiger partial charge is 0.490 e. The Morgan fingerprint density at radius 2 is 1.78 bits per heavy atom. The van der Waals surface area contributed by atoms with Crippen molar-refractivity contribution in [2.24, 2.45) is 0 Å². The topological polar surface area (TPSA) is 55.8 Å². The van der Waals surface area contributed by atoms with Gasteiger partial charge in [0.25, 0.3) is 11.1 Å². The molecule has 0 atom stereocenters. The van der Waals surface area contributed by atoms with Gasteiger partial charge in [0.05, 0.1) is 18.1 Å². The third-order valence-corrected chi connectivity index (χ3v) is 7.06. The zero-order valence-corrected chi connectivity index (χ0v) is 22.0. The number of carbonyl (C=O) groups excluding carboxylic acids is 2. The van der Waals surface area contributed by atoms with Crippen LogP contribution in [0.4, 0.5) is 9.18 Å². The first-order valence-electron chi connectivity index (χ1n) is 10.8. The number of thioether (sulfide) groups is 1. The molecule has 0 N–H and O–H groups in total. The fourth-order valence-electron chi connectivity index (χ4n) is 3.43. The summed E-state index contributed by atoms with van der Waals surface area (Å²) in [7, 11) is 0. The number of carbonyl (C=O) groups is 2. The van der Waals surface area contributed by atoms with Crippen LogP contribution in [0.25, 0.3) is 6.08 Å². The van der Waals surface area contributed by atoms with Crippen molar-refractivity contribution < 1.29 is 23.5 Å². The second-order valence-corrected chi connectivity index (χ2v) is 9.88. The lowest BCUT2D eigenvalue weighted by Gasteiger charge is -2.14. The summed E-state index contributed by atoms with van der Waals surface area (Å²) in [4.78, 5) is 26.6. The van der Waals surface area contributed by atoms with Gasteiger partial charge in [-0.05, 0) is 66.7 Å². The number of nitrogens with zero attached hydrogens (tertiary/aromatic N) is 1. The molecule has 2 amide bonds. The fraction of sp³-hybridized carbons (Fsp3) is 0.154. The van der Waals surface area contributed by atoms with Crippen LogP contribution in [-0.2, 0) is 17.9 Å². The summed E-state index contributed by atoms with van der Waals surface area (Å²) in [5, 5.41) is 0.666. The molecule has 36 heavy (non-hydrogen) atoms. The van der Waals surface area contributed by atoms with Crippen molar-refractivity contribution in [2.45, 2.75) is 20.1 Å². The smallest absolute Gasteiger partial charge is 0.293 e. The van der Waals surface area contributed by atoms with E-state index in [0.717, 1.165) is 22.2 Å². The zero-order valence-electron chi connectivity index (χ0n) is 18.9. The molecule has 0 unspecified atom stereocenters. The molecule has 3 aromatic rings. The molecule has 10 heteroatoms. The van der Waals surface area contributed by atoms with Crippen molar-refractivity contribution in [1.82, 2.24) is 4.90 Å². The van der Waals surface area contributed by atoms with E-state index in [1.54, 1.807) is 42.5 Å². The number of rotatable bonds is 8. The highest BCUT2D eigenvalue weighted by molar-refractivity contribution is 8.18. The maximum Gasteiger partial charge on any atom is 0.293 e. The lowest BCUT2D eigenvalue weighted by atomic mass is 10.1. The molecule has 0 aliphatic carbocycles. The molecule has 0 bridgehead atoms. The zero-order chi connectivity index (χ0) is 25.8. The van der Waals surface area contributed by atoms with Gasteiger partial charge in [0.15, 0.2) is 11.5 Å². The summed E-state index contributed by atoms with van der Waals surface area (Å²) in [6, 6.07) is 14.5. The number of benzene rings is 3. The molecule has 186 valence electrons. The number of hydrogen-bond acceptors (Lipinski definition) is 5. The molecule has 1 saturated heterocycles. The molecular formula is C26H19Cl3FNO4S. The summed E-state index contributed by atoms with van der Waals surface area (Å²) in [5.41, 5.74) is 1.48. The van der Waals surface area contributed by atoms with E-state index in [9.17, 15) is 14.0 Å². The van der Waals surface area contributed by atoms with Gasteiger partial charge in [0.1, 0.15) is 12.4 Å². The second-order valence-electron chi connectivity index (χ2n) is 7.63. The molecule has 1 fully saturated rings. The molecule has 5 nitrogen and oxygen atoms in total. The molecule has 1 aliphatic rings. The van der Waals surface area contributed by atoms with Gasteiger partial charge in [-0.3, -0.25) is 14.5 Å². The molecule has 1 aliphatic heterocycles. The molecule has 3 aromatic carbocycles. The van der Waals surface area contributed by atoms with Crippen LogP contribution in [0.2, 0.25) is 15.1 Å². The normalized spacial score (nSPS) is 14.6. The first-order chi connectivity index (χ1) is 17.3. The van der Waals surface area contributed by atoms with Gasteiger partial charge in [-0.25, -0.2) is 4.39 Å². The first-order valence-corrected chi connectivity index (χ1v) is 12.7. The third-order valence-electron chi connectivity index (χ3n) is 5.22. The standard InChI is InChI=1S/C26H19Cl3FNO4S/c1-2-34-23-10-15(6-9-22(23)35-14-16-7-8-17(27)12-20(16)29)11-24-25(32)31(26(33)36-24)13-18-19(28)4-3-5-21(18)30/h3-12H,2,13-14H2,1H3/b24-11-. The predicted octanol–water partition coefficient (Wildman–Crippen LogP) is 8.00. The van der Waals surface area contributed by atoms with Gasteiger partial charge in [-0.15, -0.1) is 0 Å². The van der Waals surface area contributed by atoms with Crippen LogP contribution in [0, 0.1) is 5.82 Å². The van der Waals surface area contributed by atoms with Gasteiger partial charge >= 0.3 is 0 Å². The molecule has 0 radical (unpaired) electrons. The van der Waals surface area contributed by atoms with Crippen LogP contribution in [0.15, 0.2) is 59.5 Å². The lowest BCUT2D eigenvalue weighted by Crippen LogP contribution is -2.28. The second kappa shape index (κ2) is 11.6. The monoisotopic (exact) mass is 565 g/mol. The average Bonchev–Trinajstić information content (AvgIpc) is 3.09. The minimum atomic E-state index is -0.581. The Balaban J connectivity index is 1.53. The Morgan fingerprint density at radius 1 is 0.972 bits per heavy atom. The molecule has 0 saturated carbocycles. The van der Waals surface area contributed by atoms with E-state index in [2.05, 4.69) is 0 Å². The Morgan fingerprint density at radius 3 is 2.50 bits per heavy atom. The van der Waals surface area contributed by atoms with E-state index >= 15 is 0 Å². The van der Waals surface area contributed by atoms with Crippen LogP contribution in [0.3, 0.4) is 0 Å². The Labute approximate surface area is 226 Å². The SMILES string of the molecule is CCOc1cc(/C=C2\SC(=O)N(Cc3c(F)cccc3Cl)C2=O)ccc1OCc1ccc(Cl)cc1Cl. The van der Waals surface area contributed by atoms with E-state index in [1.165, 1.54) is 18.2 Å². The minimum absolute atomic E-state index is 0.0867. The van der Waals surface area contributed by atoms with Crippen molar-refractivity contribution >= 4 is 63.8 Å². The van der Waals surface area contributed by atoms with Crippen molar-refractivity contribution in [2.75, 3.05) is 6.61 Å². The number of amides is 2. The molecule has 1 heterocycles. The Hall–Kier alpha value is -2.71. The van der Waals surface area contributed by atoms with Crippen molar-refractivity contribution in [1.29, 1.82) is 0 Å². The van der Waals surface area contributed by atoms with Gasteiger partial charge < -0.3 is 9.47 Å². The maximum absolute atomic E-state index is 14.2. The number of hydrogen-bond donors (Lipinski definition) is 0. The third kappa shape index (κ3) is 5.98. The quantitative estimate of drug-likeness (QED) is 0.259. The molecular weight excluding hydrogens is 548 g/mol. The van der Waals surface area contributed by atoms with Crippen LogP contribution >= 0.6 is 46.6 Å². The van der Waals surface area contributed by atoms with Crippen molar-refractivity contribution in [3.05, 3.63) is 97.1 Å². The maximum atomic E-state index is 14.2. The molecule has 4 rings (SSSR count). The van der Waals surface area contributed by atoms with Crippen LogP contribution < -0.4 is 9.47 Å². The summed E-state index contributed by atoms with van der Waals surface area (Å²) in [5.74, 6) is -0.154. The predicted molar refractivity (Wildman–Crippen MR) is 141 cm³/mol.